The molecule has 0 radical (unpaired) electrons. The average Bonchev–Trinajstić information content (AvgIpc) is 2.49. The molecule has 6 nitrogen and oxygen atoms in total. The molecule has 0 spiro atoms. The van der Waals surface area contributed by atoms with Crippen LogP contribution in [0.1, 0.15) is 17.2 Å². The number of hydrogen-bond donors (Lipinski definition) is 3. The van der Waals surface area contributed by atoms with Gasteiger partial charge in [0.1, 0.15) is 5.82 Å². The second-order valence-corrected chi connectivity index (χ2v) is 4.19. The summed E-state index contributed by atoms with van der Waals surface area (Å²) in [5.74, 6) is 7.39. The Morgan fingerprint density at radius 2 is 1.90 bits per heavy atom. The highest BCUT2D eigenvalue weighted by molar-refractivity contribution is 5.49. The van der Waals surface area contributed by atoms with E-state index in [-0.39, 0.29) is 6.04 Å². The van der Waals surface area contributed by atoms with Gasteiger partial charge in [0.2, 0.25) is 0 Å². The molecule has 1 atom stereocenters. The number of pyridine rings is 1. The number of methoxy groups -OCH3 is 2. The maximum Gasteiger partial charge on any atom is 0.161 e. The lowest BCUT2D eigenvalue weighted by molar-refractivity contribution is 0.354. The van der Waals surface area contributed by atoms with E-state index in [0.29, 0.717) is 17.3 Å². The molecule has 2 rings (SSSR count). The number of nitrogen functional groups attached to an aromatic ring is 1. The molecular weight excluding hydrogens is 256 g/mol. The van der Waals surface area contributed by atoms with Crippen LogP contribution >= 0.6 is 0 Å². The van der Waals surface area contributed by atoms with Crippen LogP contribution in [0.25, 0.3) is 0 Å². The Labute approximate surface area is 117 Å². The number of hydrazine groups is 1. The third-order valence-corrected chi connectivity index (χ3v) is 3.09. The van der Waals surface area contributed by atoms with Crippen molar-refractivity contribution in [1.29, 1.82) is 0 Å². The SMILES string of the molecule is COc1ccc(C(NN)c2cccnc2N)cc1OC. The summed E-state index contributed by atoms with van der Waals surface area (Å²) >= 11 is 0. The van der Waals surface area contributed by atoms with E-state index in [2.05, 4.69) is 10.4 Å². The van der Waals surface area contributed by atoms with E-state index < -0.39 is 0 Å². The molecule has 5 N–H and O–H groups in total. The average molecular weight is 274 g/mol. The Balaban J connectivity index is 2.45. The number of hydrogen-bond acceptors (Lipinski definition) is 6. The maximum absolute atomic E-state index is 5.90. The van der Waals surface area contributed by atoms with Gasteiger partial charge in [-0.25, -0.2) is 10.4 Å². The van der Waals surface area contributed by atoms with Gasteiger partial charge in [-0.05, 0) is 23.8 Å². The van der Waals surface area contributed by atoms with Gasteiger partial charge in [-0.3, -0.25) is 5.84 Å². The Morgan fingerprint density at radius 1 is 1.15 bits per heavy atom. The third kappa shape index (κ3) is 2.66. The van der Waals surface area contributed by atoms with Crippen LogP contribution in [-0.2, 0) is 0 Å². The lowest BCUT2D eigenvalue weighted by Crippen LogP contribution is -2.29. The van der Waals surface area contributed by atoms with Crippen molar-refractivity contribution in [3.63, 3.8) is 0 Å². The third-order valence-electron chi connectivity index (χ3n) is 3.09. The van der Waals surface area contributed by atoms with Crippen molar-refractivity contribution in [2.75, 3.05) is 20.0 Å². The summed E-state index contributed by atoms with van der Waals surface area (Å²) < 4.78 is 10.5. The lowest BCUT2D eigenvalue weighted by atomic mass is 9.99. The van der Waals surface area contributed by atoms with Gasteiger partial charge < -0.3 is 15.2 Å². The molecule has 0 fully saturated rings. The maximum atomic E-state index is 5.90. The number of ether oxygens (including phenoxy) is 2. The fourth-order valence-electron chi connectivity index (χ4n) is 2.07. The van der Waals surface area contributed by atoms with E-state index in [1.165, 1.54) is 0 Å². The number of aromatic nitrogens is 1. The fraction of sp³-hybridized carbons (Fsp3) is 0.214. The van der Waals surface area contributed by atoms with Gasteiger partial charge in [-0.1, -0.05) is 12.1 Å². The molecule has 1 aromatic carbocycles. The fourth-order valence-corrected chi connectivity index (χ4v) is 2.07. The predicted molar refractivity (Wildman–Crippen MR) is 77.4 cm³/mol. The normalized spacial score (nSPS) is 11.9. The summed E-state index contributed by atoms with van der Waals surface area (Å²) in [5, 5.41) is 0. The van der Waals surface area contributed by atoms with Crippen LogP contribution in [0.3, 0.4) is 0 Å². The minimum absolute atomic E-state index is 0.275. The summed E-state index contributed by atoms with van der Waals surface area (Å²) in [6.45, 7) is 0. The number of rotatable bonds is 5. The number of nitrogens with zero attached hydrogens (tertiary/aromatic N) is 1. The van der Waals surface area contributed by atoms with Crippen LogP contribution in [0.2, 0.25) is 0 Å². The van der Waals surface area contributed by atoms with Crippen LogP contribution in [-0.4, -0.2) is 19.2 Å². The molecule has 6 heteroatoms. The predicted octanol–water partition coefficient (Wildman–Crippen LogP) is 1.23. The summed E-state index contributed by atoms with van der Waals surface area (Å²) in [6, 6.07) is 9.00. The molecule has 106 valence electrons. The first-order valence-corrected chi connectivity index (χ1v) is 6.09. The van der Waals surface area contributed by atoms with Crippen LogP contribution in [0.15, 0.2) is 36.5 Å². The molecule has 0 amide bonds. The smallest absolute Gasteiger partial charge is 0.161 e. The van der Waals surface area contributed by atoms with E-state index in [0.717, 1.165) is 11.1 Å². The molecule has 0 aliphatic rings. The minimum Gasteiger partial charge on any atom is -0.493 e. The van der Waals surface area contributed by atoms with Gasteiger partial charge in [-0.15, -0.1) is 0 Å². The van der Waals surface area contributed by atoms with E-state index in [9.17, 15) is 0 Å². The molecule has 2 aromatic rings. The highest BCUT2D eigenvalue weighted by Crippen LogP contribution is 2.32. The minimum atomic E-state index is -0.275. The van der Waals surface area contributed by atoms with Crippen molar-refractivity contribution in [2.45, 2.75) is 6.04 Å². The van der Waals surface area contributed by atoms with Gasteiger partial charge >= 0.3 is 0 Å². The molecular formula is C14H18N4O2. The zero-order valence-corrected chi connectivity index (χ0v) is 11.5. The van der Waals surface area contributed by atoms with Crippen molar-refractivity contribution in [3.8, 4) is 11.5 Å². The summed E-state index contributed by atoms with van der Waals surface area (Å²) in [5.41, 5.74) is 10.4. The molecule has 0 saturated carbocycles. The second-order valence-electron chi connectivity index (χ2n) is 4.19. The van der Waals surface area contributed by atoms with Crippen molar-refractivity contribution in [1.82, 2.24) is 10.4 Å². The van der Waals surface area contributed by atoms with Crippen molar-refractivity contribution < 1.29 is 9.47 Å². The topological polar surface area (TPSA) is 95.4 Å². The highest BCUT2D eigenvalue weighted by atomic mass is 16.5. The summed E-state index contributed by atoms with van der Waals surface area (Å²) in [7, 11) is 3.18. The molecule has 20 heavy (non-hydrogen) atoms. The Morgan fingerprint density at radius 3 is 2.50 bits per heavy atom. The zero-order chi connectivity index (χ0) is 14.5. The molecule has 1 aromatic heterocycles. The first-order valence-electron chi connectivity index (χ1n) is 6.09. The van der Waals surface area contributed by atoms with Crippen molar-refractivity contribution in [3.05, 3.63) is 47.7 Å². The lowest BCUT2D eigenvalue weighted by Gasteiger charge is -2.19. The molecule has 0 aliphatic carbocycles. The van der Waals surface area contributed by atoms with E-state index >= 15 is 0 Å². The number of nitrogens with one attached hydrogen (secondary N) is 1. The quantitative estimate of drug-likeness (QED) is 0.560. The van der Waals surface area contributed by atoms with Crippen LogP contribution in [0.4, 0.5) is 5.82 Å². The van der Waals surface area contributed by atoms with Gasteiger partial charge in [0.15, 0.2) is 11.5 Å². The van der Waals surface area contributed by atoms with Crippen LogP contribution < -0.4 is 26.5 Å². The summed E-state index contributed by atoms with van der Waals surface area (Å²) in [4.78, 5) is 4.08. The van der Waals surface area contributed by atoms with Gasteiger partial charge in [0.05, 0.1) is 20.3 Å². The Kier molecular flexibility index (Phi) is 4.39. The Bertz CT molecular complexity index is 589. The number of anilines is 1. The molecule has 0 aliphatic heterocycles. The van der Waals surface area contributed by atoms with Crippen LogP contribution in [0.5, 0.6) is 11.5 Å². The number of benzene rings is 1. The molecule has 0 saturated heterocycles. The van der Waals surface area contributed by atoms with Crippen molar-refractivity contribution >= 4 is 5.82 Å². The van der Waals surface area contributed by atoms with Gasteiger partial charge in [-0.2, -0.15) is 0 Å². The second kappa shape index (κ2) is 6.23. The van der Waals surface area contributed by atoms with E-state index in [1.807, 2.05) is 30.3 Å². The monoisotopic (exact) mass is 274 g/mol. The summed E-state index contributed by atoms with van der Waals surface area (Å²) in [6.07, 6.45) is 1.64. The standard InChI is InChI=1S/C14H18N4O2/c1-19-11-6-5-9(8-12(11)20-2)13(18-16)10-4-3-7-17-14(10)15/h3-8,13,18H,16H2,1-2H3,(H2,15,17). The van der Waals surface area contributed by atoms with Crippen LogP contribution in [0, 0.1) is 0 Å². The highest BCUT2D eigenvalue weighted by Gasteiger charge is 2.17. The first-order chi connectivity index (χ1) is 9.71. The first kappa shape index (κ1) is 14.1. The van der Waals surface area contributed by atoms with E-state index in [1.54, 1.807) is 20.4 Å². The Hall–Kier alpha value is -2.31. The largest absolute Gasteiger partial charge is 0.493 e. The molecule has 1 heterocycles. The van der Waals surface area contributed by atoms with Gasteiger partial charge in [0, 0.05) is 11.8 Å². The number of nitrogens with two attached hydrogens (primary N) is 2. The molecule has 1 unspecified atom stereocenters. The van der Waals surface area contributed by atoms with Crippen molar-refractivity contribution in [2.24, 2.45) is 5.84 Å². The molecule has 0 bridgehead atoms. The van der Waals surface area contributed by atoms with Gasteiger partial charge in [0.25, 0.3) is 0 Å². The van der Waals surface area contributed by atoms with E-state index in [4.69, 9.17) is 21.1 Å². The zero-order valence-electron chi connectivity index (χ0n) is 11.5.